The predicted molar refractivity (Wildman–Crippen MR) is 112 cm³/mol. The van der Waals surface area contributed by atoms with E-state index in [2.05, 4.69) is 10.2 Å². The van der Waals surface area contributed by atoms with Crippen LogP contribution >= 0.6 is 11.8 Å². The van der Waals surface area contributed by atoms with Gasteiger partial charge in [-0.15, -0.1) is 10.2 Å². The van der Waals surface area contributed by atoms with Gasteiger partial charge in [-0.3, -0.25) is 4.40 Å². The Morgan fingerprint density at radius 3 is 2.35 bits per heavy atom. The van der Waals surface area contributed by atoms with Crippen LogP contribution in [0.25, 0.3) is 16.8 Å². The molecule has 0 bridgehead atoms. The second-order valence-electron chi connectivity index (χ2n) is 6.79. The SMILES string of the molecule is OC(COc1ccc(-c2ccccc2)cc1)CSc1nnc2ccc(C(F)(F)F)cn12. The molecule has 4 aromatic rings. The average Bonchev–Trinajstić information content (AvgIpc) is 3.19. The Hall–Kier alpha value is -3.04. The standard InChI is InChI=1S/C22H18F3N3O2S/c23-22(24,25)17-8-11-20-26-27-21(28(20)12-17)31-14-18(29)13-30-19-9-6-16(7-10-19)15-4-2-1-3-5-15/h1-12,18,29H,13-14H2. The van der Waals surface area contributed by atoms with Gasteiger partial charge in [0.2, 0.25) is 0 Å². The number of halogens is 3. The van der Waals surface area contributed by atoms with E-state index in [9.17, 15) is 18.3 Å². The molecule has 160 valence electrons. The molecule has 0 radical (unpaired) electrons. The van der Waals surface area contributed by atoms with E-state index in [1.54, 1.807) is 0 Å². The van der Waals surface area contributed by atoms with Crippen LogP contribution in [0.15, 0.2) is 78.1 Å². The monoisotopic (exact) mass is 445 g/mol. The van der Waals surface area contributed by atoms with Gasteiger partial charge in [0.15, 0.2) is 10.8 Å². The highest BCUT2D eigenvalue weighted by atomic mass is 32.2. The molecule has 5 nitrogen and oxygen atoms in total. The number of hydrogen-bond donors (Lipinski definition) is 1. The molecule has 0 aliphatic rings. The largest absolute Gasteiger partial charge is 0.491 e. The second-order valence-corrected chi connectivity index (χ2v) is 7.78. The van der Waals surface area contributed by atoms with E-state index >= 15 is 0 Å². The van der Waals surface area contributed by atoms with Crippen molar-refractivity contribution in [2.24, 2.45) is 0 Å². The van der Waals surface area contributed by atoms with Crippen molar-refractivity contribution in [3.63, 3.8) is 0 Å². The fourth-order valence-corrected chi connectivity index (χ4v) is 3.74. The van der Waals surface area contributed by atoms with Crippen LogP contribution in [0.2, 0.25) is 0 Å². The lowest BCUT2D eigenvalue weighted by Crippen LogP contribution is -2.20. The number of nitrogens with zero attached hydrogens (tertiary/aromatic N) is 3. The summed E-state index contributed by atoms with van der Waals surface area (Å²) in [6, 6.07) is 19.7. The van der Waals surface area contributed by atoms with Crippen molar-refractivity contribution in [2.45, 2.75) is 17.4 Å². The van der Waals surface area contributed by atoms with Crippen molar-refractivity contribution in [3.8, 4) is 16.9 Å². The first-order valence-electron chi connectivity index (χ1n) is 9.41. The molecule has 0 saturated carbocycles. The van der Waals surface area contributed by atoms with Crippen molar-refractivity contribution in [1.29, 1.82) is 0 Å². The fourth-order valence-electron chi connectivity index (χ4n) is 2.92. The van der Waals surface area contributed by atoms with Gasteiger partial charge in [-0.2, -0.15) is 13.2 Å². The molecular formula is C22H18F3N3O2S. The molecule has 31 heavy (non-hydrogen) atoms. The highest BCUT2D eigenvalue weighted by Crippen LogP contribution is 2.30. The molecule has 1 atom stereocenters. The molecule has 1 unspecified atom stereocenters. The average molecular weight is 445 g/mol. The number of benzene rings is 2. The normalized spacial score (nSPS) is 12.8. The van der Waals surface area contributed by atoms with E-state index in [4.69, 9.17) is 4.74 Å². The summed E-state index contributed by atoms with van der Waals surface area (Å²) < 4.78 is 45.7. The molecule has 0 spiro atoms. The Kier molecular flexibility index (Phi) is 6.15. The molecule has 0 aliphatic heterocycles. The molecule has 0 fully saturated rings. The maximum absolute atomic E-state index is 12.9. The maximum atomic E-state index is 12.9. The zero-order chi connectivity index (χ0) is 21.8. The summed E-state index contributed by atoms with van der Waals surface area (Å²) in [4.78, 5) is 0. The number of hydrogen-bond acceptors (Lipinski definition) is 5. The fraction of sp³-hybridized carbons (Fsp3) is 0.182. The van der Waals surface area contributed by atoms with Crippen LogP contribution in [-0.2, 0) is 6.18 Å². The van der Waals surface area contributed by atoms with Gasteiger partial charge >= 0.3 is 6.18 Å². The van der Waals surface area contributed by atoms with E-state index in [0.717, 1.165) is 35.2 Å². The molecule has 2 aromatic carbocycles. The van der Waals surface area contributed by atoms with Crippen molar-refractivity contribution in [2.75, 3.05) is 12.4 Å². The molecule has 0 saturated heterocycles. The number of ether oxygens (including phenoxy) is 1. The summed E-state index contributed by atoms with van der Waals surface area (Å²) in [5.74, 6) is 0.811. The first-order valence-corrected chi connectivity index (χ1v) is 10.4. The Morgan fingerprint density at radius 2 is 1.65 bits per heavy atom. The van der Waals surface area contributed by atoms with Crippen molar-refractivity contribution in [3.05, 3.63) is 78.5 Å². The first kappa shape index (κ1) is 21.2. The third kappa shape index (κ3) is 5.18. The molecule has 2 heterocycles. The van der Waals surface area contributed by atoms with Crippen LogP contribution in [0.5, 0.6) is 5.75 Å². The summed E-state index contributed by atoms with van der Waals surface area (Å²) in [6.07, 6.45) is -4.34. The lowest BCUT2D eigenvalue weighted by Gasteiger charge is -2.12. The topological polar surface area (TPSA) is 59.7 Å². The van der Waals surface area contributed by atoms with Gasteiger partial charge < -0.3 is 9.84 Å². The Labute approximate surface area is 180 Å². The van der Waals surface area contributed by atoms with Crippen LogP contribution in [0.3, 0.4) is 0 Å². The number of thioether (sulfide) groups is 1. The quantitative estimate of drug-likeness (QED) is 0.408. The molecular weight excluding hydrogens is 427 g/mol. The van der Waals surface area contributed by atoms with Gasteiger partial charge in [0, 0.05) is 11.9 Å². The number of aromatic nitrogens is 3. The zero-order valence-electron chi connectivity index (χ0n) is 16.2. The lowest BCUT2D eigenvalue weighted by molar-refractivity contribution is -0.137. The van der Waals surface area contributed by atoms with Gasteiger partial charge in [0.1, 0.15) is 12.4 Å². The molecule has 0 aliphatic carbocycles. The molecule has 4 rings (SSSR count). The minimum atomic E-state index is -4.45. The molecule has 2 aromatic heterocycles. The summed E-state index contributed by atoms with van der Waals surface area (Å²) in [7, 11) is 0. The Bertz CT molecular complexity index is 1150. The lowest BCUT2D eigenvalue weighted by atomic mass is 10.1. The van der Waals surface area contributed by atoms with Gasteiger partial charge in [0.05, 0.1) is 11.7 Å². The first-order chi connectivity index (χ1) is 14.9. The minimum absolute atomic E-state index is 0.0439. The molecule has 1 N–H and O–H groups in total. The zero-order valence-corrected chi connectivity index (χ0v) is 17.0. The maximum Gasteiger partial charge on any atom is 0.417 e. The summed E-state index contributed by atoms with van der Waals surface area (Å²) in [5.41, 5.74) is 1.67. The number of alkyl halides is 3. The van der Waals surface area contributed by atoms with Crippen LogP contribution in [-0.4, -0.2) is 38.2 Å². The predicted octanol–water partition coefficient (Wildman–Crippen LogP) is 4.95. The van der Waals surface area contributed by atoms with Crippen LogP contribution < -0.4 is 4.74 Å². The van der Waals surface area contributed by atoms with E-state index in [0.29, 0.717) is 11.4 Å². The number of pyridine rings is 1. The molecule has 0 amide bonds. The summed E-state index contributed by atoms with van der Waals surface area (Å²) >= 11 is 1.11. The van der Waals surface area contributed by atoms with Crippen molar-refractivity contribution < 1.29 is 23.0 Å². The summed E-state index contributed by atoms with van der Waals surface area (Å²) in [5, 5.41) is 18.2. The van der Waals surface area contributed by atoms with E-state index in [1.165, 1.54) is 10.5 Å². The third-order valence-corrected chi connectivity index (χ3v) is 5.60. The highest BCUT2D eigenvalue weighted by Gasteiger charge is 2.31. The molecule has 9 heteroatoms. The van der Waals surface area contributed by atoms with Gasteiger partial charge in [-0.05, 0) is 35.4 Å². The van der Waals surface area contributed by atoms with Gasteiger partial charge in [0.25, 0.3) is 0 Å². The van der Waals surface area contributed by atoms with Gasteiger partial charge in [-0.1, -0.05) is 54.2 Å². The number of rotatable bonds is 7. The second kappa shape index (κ2) is 8.99. The van der Waals surface area contributed by atoms with Crippen LogP contribution in [0.1, 0.15) is 5.56 Å². The number of fused-ring (bicyclic) bond motifs is 1. The van der Waals surface area contributed by atoms with Gasteiger partial charge in [-0.25, -0.2) is 0 Å². The summed E-state index contributed by atoms with van der Waals surface area (Å²) in [6.45, 7) is 0.0439. The van der Waals surface area contributed by atoms with E-state index in [1.807, 2.05) is 54.6 Å². The number of aliphatic hydroxyl groups excluding tert-OH is 1. The van der Waals surface area contributed by atoms with E-state index in [-0.39, 0.29) is 17.5 Å². The van der Waals surface area contributed by atoms with Crippen molar-refractivity contribution in [1.82, 2.24) is 14.6 Å². The van der Waals surface area contributed by atoms with Crippen LogP contribution in [0, 0.1) is 0 Å². The smallest absolute Gasteiger partial charge is 0.417 e. The van der Waals surface area contributed by atoms with E-state index < -0.39 is 17.8 Å². The number of aliphatic hydroxyl groups is 1. The highest BCUT2D eigenvalue weighted by molar-refractivity contribution is 7.99. The minimum Gasteiger partial charge on any atom is -0.491 e. The Morgan fingerprint density at radius 1 is 0.935 bits per heavy atom. The van der Waals surface area contributed by atoms with Crippen molar-refractivity contribution >= 4 is 17.4 Å². The third-order valence-electron chi connectivity index (χ3n) is 4.51. The Balaban J connectivity index is 1.33. The van der Waals surface area contributed by atoms with Crippen LogP contribution in [0.4, 0.5) is 13.2 Å².